The smallest absolute Gasteiger partial charge is 0.321 e. The molecule has 0 saturated heterocycles. The number of halogens is 2. The lowest BCUT2D eigenvalue weighted by atomic mass is 10.4. The van der Waals surface area contributed by atoms with Crippen LogP contribution in [-0.2, 0) is 11.2 Å². The number of alkyl halides is 2. The van der Waals surface area contributed by atoms with Crippen molar-refractivity contribution in [2.75, 3.05) is 25.1 Å². The Balaban J connectivity index is 2.19. The molecule has 0 saturated carbocycles. The second kappa shape index (κ2) is 7.10. The molecule has 0 radical (unpaired) electrons. The Kier molecular flexibility index (Phi) is 5.69. The van der Waals surface area contributed by atoms with Gasteiger partial charge in [0, 0.05) is 13.0 Å². The molecule has 0 spiro atoms. The molecular weight excluding hydrogens is 220 g/mol. The van der Waals surface area contributed by atoms with Crippen LogP contribution in [0.1, 0.15) is 19.2 Å². The Bertz CT molecular complexity index is 294. The lowest BCUT2D eigenvalue weighted by molar-refractivity contribution is 0.0182. The van der Waals surface area contributed by atoms with Crippen LogP contribution < -0.4 is 5.32 Å². The Labute approximate surface area is 92.2 Å². The maximum Gasteiger partial charge on any atom is 0.321 e. The second-order valence-corrected chi connectivity index (χ2v) is 3.16. The Morgan fingerprint density at radius 1 is 1.50 bits per heavy atom. The molecule has 0 amide bonds. The number of nitrogens with zero attached hydrogens (tertiary/aromatic N) is 2. The predicted molar refractivity (Wildman–Crippen MR) is 53.6 cm³/mol. The van der Waals surface area contributed by atoms with Gasteiger partial charge in [-0.3, -0.25) is 0 Å². The maximum atomic E-state index is 11.7. The third-order valence-electron chi connectivity index (χ3n) is 1.71. The number of nitrogens with one attached hydrogen (secondary N) is 1. The Hall–Kier alpha value is -1.24. The van der Waals surface area contributed by atoms with Gasteiger partial charge in [-0.15, -0.1) is 0 Å². The van der Waals surface area contributed by atoms with Gasteiger partial charge in [-0.05, 0) is 6.42 Å². The minimum Gasteiger partial charge on any atom is -0.375 e. The van der Waals surface area contributed by atoms with Crippen LogP contribution in [0.3, 0.4) is 0 Å². The number of anilines is 1. The van der Waals surface area contributed by atoms with Gasteiger partial charge < -0.3 is 14.6 Å². The molecule has 1 N–H and O–H groups in total. The van der Waals surface area contributed by atoms with E-state index in [1.165, 1.54) is 0 Å². The largest absolute Gasteiger partial charge is 0.375 e. The highest BCUT2D eigenvalue weighted by Crippen LogP contribution is 2.04. The average Bonchev–Trinajstić information content (AvgIpc) is 2.69. The number of ether oxygens (including phenoxy) is 1. The van der Waals surface area contributed by atoms with Crippen LogP contribution in [0, 0.1) is 0 Å². The van der Waals surface area contributed by atoms with Gasteiger partial charge in [-0.1, -0.05) is 12.1 Å². The van der Waals surface area contributed by atoms with Gasteiger partial charge in [0.1, 0.15) is 6.61 Å². The van der Waals surface area contributed by atoms with E-state index in [0.29, 0.717) is 18.3 Å². The molecule has 1 aromatic heterocycles. The normalized spacial score (nSPS) is 11.0. The van der Waals surface area contributed by atoms with E-state index in [-0.39, 0.29) is 6.61 Å². The zero-order chi connectivity index (χ0) is 11.8. The van der Waals surface area contributed by atoms with Crippen molar-refractivity contribution in [3.63, 3.8) is 0 Å². The molecule has 0 aliphatic carbocycles. The van der Waals surface area contributed by atoms with E-state index in [0.717, 1.165) is 13.0 Å². The molecule has 0 aromatic carbocycles. The molecule has 0 unspecified atom stereocenters. The minimum atomic E-state index is -2.44. The molecule has 92 valence electrons. The van der Waals surface area contributed by atoms with Gasteiger partial charge in [-0.25, -0.2) is 8.78 Å². The van der Waals surface area contributed by atoms with Crippen LogP contribution in [0.25, 0.3) is 0 Å². The highest BCUT2D eigenvalue weighted by atomic mass is 19.3. The Morgan fingerprint density at radius 2 is 2.31 bits per heavy atom. The molecule has 1 rings (SSSR count). The molecule has 0 atom stereocenters. The maximum absolute atomic E-state index is 11.7. The molecule has 1 heterocycles. The van der Waals surface area contributed by atoms with Crippen LogP contribution in [0.5, 0.6) is 0 Å². The van der Waals surface area contributed by atoms with Crippen LogP contribution >= 0.6 is 0 Å². The van der Waals surface area contributed by atoms with E-state index in [4.69, 9.17) is 9.26 Å². The summed E-state index contributed by atoms with van der Waals surface area (Å²) in [5, 5.41) is 6.59. The molecule has 1 aromatic rings. The van der Waals surface area contributed by atoms with Crippen LogP contribution in [-0.4, -0.2) is 36.3 Å². The van der Waals surface area contributed by atoms with Crippen molar-refractivity contribution in [1.29, 1.82) is 0 Å². The zero-order valence-electron chi connectivity index (χ0n) is 9.08. The number of hydrogen-bond donors (Lipinski definition) is 1. The summed E-state index contributed by atoms with van der Waals surface area (Å²) in [5.74, 6) is 0.452. The third-order valence-corrected chi connectivity index (χ3v) is 1.71. The highest BCUT2D eigenvalue weighted by Gasteiger charge is 2.06. The molecule has 0 aliphatic rings. The van der Waals surface area contributed by atoms with Gasteiger partial charge in [0.25, 0.3) is 6.43 Å². The monoisotopic (exact) mass is 235 g/mol. The van der Waals surface area contributed by atoms with Gasteiger partial charge in [-0.2, -0.15) is 4.98 Å². The fourth-order valence-electron chi connectivity index (χ4n) is 0.995. The fourth-order valence-corrected chi connectivity index (χ4v) is 0.995. The Morgan fingerprint density at radius 3 is 3.00 bits per heavy atom. The summed E-state index contributed by atoms with van der Waals surface area (Å²) in [5.41, 5.74) is 0. The van der Waals surface area contributed by atoms with Crippen molar-refractivity contribution in [1.82, 2.24) is 10.1 Å². The van der Waals surface area contributed by atoms with Gasteiger partial charge in [0.05, 0.1) is 6.61 Å². The molecule has 7 heteroatoms. The first-order valence-electron chi connectivity index (χ1n) is 5.14. The third kappa shape index (κ3) is 5.01. The van der Waals surface area contributed by atoms with Crippen LogP contribution in [0.4, 0.5) is 14.8 Å². The van der Waals surface area contributed by atoms with E-state index in [1.807, 2.05) is 6.92 Å². The van der Waals surface area contributed by atoms with Crippen molar-refractivity contribution in [3.8, 4) is 0 Å². The van der Waals surface area contributed by atoms with Gasteiger partial charge in [0.15, 0.2) is 5.82 Å². The van der Waals surface area contributed by atoms with Crippen LogP contribution in [0.2, 0.25) is 0 Å². The quantitative estimate of drug-likeness (QED) is 0.695. The van der Waals surface area contributed by atoms with E-state index < -0.39 is 13.0 Å². The molecule has 0 bridgehead atoms. The van der Waals surface area contributed by atoms with E-state index in [2.05, 4.69) is 15.5 Å². The molecule has 5 nitrogen and oxygen atoms in total. The van der Waals surface area contributed by atoms with Crippen molar-refractivity contribution >= 4 is 6.01 Å². The summed E-state index contributed by atoms with van der Waals surface area (Å²) in [6.45, 7) is 2.38. The van der Waals surface area contributed by atoms with Crippen molar-refractivity contribution in [2.24, 2.45) is 0 Å². The fraction of sp³-hybridized carbons (Fsp3) is 0.778. The lowest BCUT2D eigenvalue weighted by Crippen LogP contribution is -2.07. The first-order chi connectivity index (χ1) is 7.72. The number of aromatic nitrogens is 2. The van der Waals surface area contributed by atoms with Gasteiger partial charge >= 0.3 is 6.01 Å². The number of hydrogen-bond acceptors (Lipinski definition) is 5. The zero-order valence-corrected chi connectivity index (χ0v) is 9.08. The van der Waals surface area contributed by atoms with E-state index >= 15 is 0 Å². The van der Waals surface area contributed by atoms with Crippen LogP contribution in [0.15, 0.2) is 4.52 Å². The number of rotatable bonds is 8. The summed E-state index contributed by atoms with van der Waals surface area (Å²) in [4.78, 5) is 4.01. The first-order valence-corrected chi connectivity index (χ1v) is 5.14. The summed E-state index contributed by atoms with van der Waals surface area (Å²) in [6.07, 6.45) is -1.12. The summed E-state index contributed by atoms with van der Waals surface area (Å²) in [7, 11) is 0. The SMILES string of the molecule is CCCNc1nc(CCOCC(F)F)no1. The molecule has 16 heavy (non-hydrogen) atoms. The molecule has 0 fully saturated rings. The van der Waals surface area contributed by atoms with Gasteiger partial charge in [0.2, 0.25) is 0 Å². The molecule has 0 aliphatic heterocycles. The minimum absolute atomic E-state index is 0.164. The summed E-state index contributed by atoms with van der Waals surface area (Å²) < 4.78 is 33.0. The van der Waals surface area contributed by atoms with E-state index in [9.17, 15) is 8.78 Å². The van der Waals surface area contributed by atoms with Crippen molar-refractivity contribution < 1.29 is 18.0 Å². The highest BCUT2D eigenvalue weighted by molar-refractivity contribution is 5.17. The predicted octanol–water partition coefficient (Wildman–Crippen LogP) is 1.72. The summed E-state index contributed by atoms with van der Waals surface area (Å²) in [6, 6.07) is 0.353. The van der Waals surface area contributed by atoms with E-state index in [1.54, 1.807) is 0 Å². The first kappa shape index (κ1) is 12.8. The summed E-state index contributed by atoms with van der Waals surface area (Å²) >= 11 is 0. The standard InChI is InChI=1S/C9H15F2N3O2/c1-2-4-12-9-13-8(14-16-9)3-5-15-6-7(10)11/h7H,2-6H2,1H3,(H,12,13,14). The second-order valence-electron chi connectivity index (χ2n) is 3.16. The topological polar surface area (TPSA) is 60.2 Å². The average molecular weight is 235 g/mol. The molecular formula is C9H15F2N3O2. The van der Waals surface area contributed by atoms with Crippen molar-refractivity contribution in [2.45, 2.75) is 26.2 Å². The van der Waals surface area contributed by atoms with Crippen molar-refractivity contribution in [3.05, 3.63) is 5.82 Å². The lowest BCUT2D eigenvalue weighted by Gasteiger charge is -1.99.